The molecule has 6 nitrogen and oxygen atoms in total. The van der Waals surface area contributed by atoms with E-state index in [1.807, 2.05) is 13.8 Å². The van der Waals surface area contributed by atoms with Crippen molar-refractivity contribution in [3.8, 4) is 5.75 Å². The smallest absolute Gasteiger partial charge is 0.258 e. The van der Waals surface area contributed by atoms with Gasteiger partial charge in [0, 0.05) is 18.1 Å². The van der Waals surface area contributed by atoms with Gasteiger partial charge >= 0.3 is 0 Å². The van der Waals surface area contributed by atoms with Crippen LogP contribution in [0.25, 0.3) is 0 Å². The first-order valence-corrected chi connectivity index (χ1v) is 8.39. The first-order valence-electron chi connectivity index (χ1n) is 8.01. The van der Waals surface area contributed by atoms with Crippen molar-refractivity contribution in [2.75, 3.05) is 32.9 Å². The zero-order valence-electron chi connectivity index (χ0n) is 14.0. The highest BCUT2D eigenvalue weighted by atomic mass is 35.5. The molecule has 1 saturated heterocycles. The number of rotatable bonds is 6. The Morgan fingerprint density at radius 3 is 2.46 bits per heavy atom. The Bertz CT molecular complexity index is 556. The lowest BCUT2D eigenvalue weighted by atomic mass is 10.0. The predicted molar refractivity (Wildman–Crippen MR) is 91.1 cm³/mol. The largest absolute Gasteiger partial charge is 0.484 e. The van der Waals surface area contributed by atoms with E-state index in [0.29, 0.717) is 37.1 Å². The number of ether oxygens (including phenoxy) is 2. The minimum Gasteiger partial charge on any atom is -0.484 e. The minimum absolute atomic E-state index is 0.0140. The second-order valence-corrected chi connectivity index (χ2v) is 6.41. The van der Waals surface area contributed by atoms with Crippen LogP contribution >= 0.6 is 11.6 Å². The second-order valence-electron chi connectivity index (χ2n) is 5.97. The van der Waals surface area contributed by atoms with Gasteiger partial charge in [-0.2, -0.15) is 0 Å². The molecule has 1 aliphatic rings. The summed E-state index contributed by atoms with van der Waals surface area (Å²) in [6.07, 6.45) is 0. The molecule has 1 heterocycles. The van der Waals surface area contributed by atoms with Crippen molar-refractivity contribution >= 4 is 23.4 Å². The summed E-state index contributed by atoms with van der Waals surface area (Å²) in [6.45, 7) is 5.83. The van der Waals surface area contributed by atoms with Crippen molar-refractivity contribution in [3.05, 3.63) is 29.3 Å². The van der Waals surface area contributed by atoms with Gasteiger partial charge in [-0.15, -0.1) is 0 Å². The van der Waals surface area contributed by atoms with Crippen LogP contribution < -0.4 is 10.1 Å². The van der Waals surface area contributed by atoms with E-state index in [1.54, 1.807) is 29.2 Å². The van der Waals surface area contributed by atoms with Gasteiger partial charge in [0.2, 0.25) is 5.91 Å². The summed E-state index contributed by atoms with van der Waals surface area (Å²) in [7, 11) is 0. The number of carbonyl (C=O) groups excluding carboxylic acids is 2. The molecule has 1 aromatic rings. The lowest BCUT2D eigenvalue weighted by molar-refractivity contribution is -0.141. The third kappa shape index (κ3) is 5.39. The number of carbonyl (C=O) groups is 2. The van der Waals surface area contributed by atoms with E-state index in [2.05, 4.69) is 5.32 Å². The maximum Gasteiger partial charge on any atom is 0.258 e. The third-order valence-corrected chi connectivity index (χ3v) is 4.01. The molecule has 0 radical (unpaired) electrons. The topological polar surface area (TPSA) is 67.9 Å². The van der Waals surface area contributed by atoms with Gasteiger partial charge in [-0.05, 0) is 30.2 Å². The zero-order chi connectivity index (χ0) is 17.5. The molecule has 1 aromatic carbocycles. The third-order valence-electron chi connectivity index (χ3n) is 3.76. The molecule has 24 heavy (non-hydrogen) atoms. The first kappa shape index (κ1) is 18.5. The first-order chi connectivity index (χ1) is 11.5. The molecule has 0 aliphatic carbocycles. The Morgan fingerprint density at radius 1 is 1.25 bits per heavy atom. The Labute approximate surface area is 147 Å². The molecule has 0 saturated carbocycles. The average molecular weight is 355 g/mol. The molecule has 1 N–H and O–H groups in total. The number of benzene rings is 1. The van der Waals surface area contributed by atoms with Crippen molar-refractivity contribution in [1.29, 1.82) is 0 Å². The summed E-state index contributed by atoms with van der Waals surface area (Å²) in [5.74, 6) is 0.133. The highest BCUT2D eigenvalue weighted by Gasteiger charge is 2.29. The summed E-state index contributed by atoms with van der Waals surface area (Å²) >= 11 is 5.80. The Morgan fingerprint density at radius 2 is 1.88 bits per heavy atom. The number of amides is 2. The van der Waals surface area contributed by atoms with Crippen molar-refractivity contribution in [3.63, 3.8) is 0 Å². The van der Waals surface area contributed by atoms with Gasteiger partial charge < -0.3 is 19.7 Å². The van der Waals surface area contributed by atoms with Crippen molar-refractivity contribution in [2.24, 2.45) is 5.92 Å². The van der Waals surface area contributed by atoms with E-state index in [-0.39, 0.29) is 24.3 Å². The van der Waals surface area contributed by atoms with Crippen LogP contribution in [-0.2, 0) is 14.3 Å². The van der Waals surface area contributed by atoms with Crippen molar-refractivity contribution in [2.45, 2.75) is 19.9 Å². The Kier molecular flexibility index (Phi) is 6.87. The molecule has 2 rings (SSSR count). The van der Waals surface area contributed by atoms with Crippen molar-refractivity contribution in [1.82, 2.24) is 10.2 Å². The molecule has 1 aliphatic heterocycles. The Balaban J connectivity index is 1.88. The quantitative estimate of drug-likeness (QED) is 0.844. The van der Waals surface area contributed by atoms with E-state index in [9.17, 15) is 9.59 Å². The molecule has 0 unspecified atom stereocenters. The van der Waals surface area contributed by atoms with E-state index < -0.39 is 6.04 Å². The number of morpholine rings is 1. The number of nitrogens with zero attached hydrogens (tertiary/aromatic N) is 1. The molecule has 0 bridgehead atoms. The van der Waals surface area contributed by atoms with E-state index in [4.69, 9.17) is 21.1 Å². The highest BCUT2D eigenvalue weighted by molar-refractivity contribution is 6.30. The zero-order valence-corrected chi connectivity index (χ0v) is 14.7. The maximum absolute atomic E-state index is 12.6. The van der Waals surface area contributed by atoms with Crippen molar-refractivity contribution < 1.29 is 19.1 Å². The molecule has 7 heteroatoms. The van der Waals surface area contributed by atoms with Crippen LogP contribution in [0.5, 0.6) is 5.75 Å². The fourth-order valence-electron chi connectivity index (χ4n) is 2.39. The predicted octanol–water partition coefficient (Wildman–Crippen LogP) is 1.72. The monoisotopic (exact) mass is 354 g/mol. The lowest BCUT2D eigenvalue weighted by Crippen LogP contribution is -2.54. The summed E-state index contributed by atoms with van der Waals surface area (Å²) in [4.78, 5) is 26.4. The molecule has 1 fully saturated rings. The lowest BCUT2D eigenvalue weighted by Gasteiger charge is -2.32. The second kappa shape index (κ2) is 8.89. The van der Waals surface area contributed by atoms with Crippen LogP contribution in [0, 0.1) is 5.92 Å². The van der Waals surface area contributed by atoms with Gasteiger partial charge in [-0.3, -0.25) is 9.59 Å². The molecule has 0 aromatic heterocycles. The Hall–Kier alpha value is -1.79. The molecular weight excluding hydrogens is 332 g/mol. The van der Waals surface area contributed by atoms with Crippen LogP contribution in [0.2, 0.25) is 5.02 Å². The van der Waals surface area contributed by atoms with Gasteiger partial charge in [0.25, 0.3) is 5.91 Å². The van der Waals surface area contributed by atoms with Crippen LogP contribution in [0.15, 0.2) is 24.3 Å². The van der Waals surface area contributed by atoms with E-state index in [0.717, 1.165) is 0 Å². The van der Waals surface area contributed by atoms with Gasteiger partial charge in [-0.25, -0.2) is 0 Å². The van der Waals surface area contributed by atoms with Gasteiger partial charge in [0.05, 0.1) is 13.2 Å². The normalized spacial score (nSPS) is 15.9. The molecule has 1 atom stereocenters. The number of hydrogen-bond donors (Lipinski definition) is 1. The average Bonchev–Trinajstić information content (AvgIpc) is 2.59. The molecule has 0 spiro atoms. The number of nitrogens with one attached hydrogen (secondary N) is 1. The summed E-state index contributed by atoms with van der Waals surface area (Å²) in [5, 5.41) is 3.37. The van der Waals surface area contributed by atoms with E-state index >= 15 is 0 Å². The van der Waals surface area contributed by atoms with Crippen LogP contribution in [0.3, 0.4) is 0 Å². The molecule has 132 valence electrons. The molecule has 2 amide bonds. The van der Waals surface area contributed by atoms with Crippen LogP contribution in [0.4, 0.5) is 0 Å². The van der Waals surface area contributed by atoms with Gasteiger partial charge in [0.1, 0.15) is 11.8 Å². The van der Waals surface area contributed by atoms with Gasteiger partial charge in [0.15, 0.2) is 6.61 Å². The highest BCUT2D eigenvalue weighted by Crippen LogP contribution is 2.15. The van der Waals surface area contributed by atoms with Crippen LogP contribution in [0.1, 0.15) is 13.8 Å². The van der Waals surface area contributed by atoms with Crippen LogP contribution in [-0.4, -0.2) is 55.7 Å². The maximum atomic E-state index is 12.6. The molecular formula is C17H23ClN2O4. The standard InChI is InChI=1S/C17H23ClN2O4/c1-12(2)16(17(22)20-7-9-23-10-8-20)19-15(21)11-24-14-5-3-13(18)4-6-14/h3-6,12,16H,7-11H2,1-2H3,(H,19,21)/t16-/m1/s1. The summed E-state index contributed by atoms with van der Waals surface area (Å²) in [6, 6.07) is 6.19. The van der Waals surface area contributed by atoms with E-state index in [1.165, 1.54) is 0 Å². The SMILES string of the molecule is CC(C)[C@@H](NC(=O)COc1ccc(Cl)cc1)C(=O)N1CCOCC1. The fraction of sp³-hybridized carbons (Fsp3) is 0.529. The number of hydrogen-bond acceptors (Lipinski definition) is 4. The fourth-order valence-corrected chi connectivity index (χ4v) is 2.51. The number of halogens is 1. The minimum atomic E-state index is -0.565. The summed E-state index contributed by atoms with van der Waals surface area (Å²) < 4.78 is 10.7. The van der Waals surface area contributed by atoms with Gasteiger partial charge in [-0.1, -0.05) is 25.4 Å². The summed E-state index contributed by atoms with van der Waals surface area (Å²) in [5.41, 5.74) is 0.